The summed E-state index contributed by atoms with van der Waals surface area (Å²) in [5.41, 5.74) is 0. The normalized spacial score (nSPS) is 10.6. The molecule has 0 aliphatic rings. The first kappa shape index (κ1) is 13.4. The summed E-state index contributed by atoms with van der Waals surface area (Å²) >= 11 is 8.39. The van der Waals surface area contributed by atoms with Crippen molar-refractivity contribution in [2.24, 2.45) is 0 Å². The average Bonchev–Trinajstić information content (AvgIpc) is 2.51. The zero-order chi connectivity index (χ0) is 11.1. The molecule has 1 rings (SSSR count). The van der Waals surface area contributed by atoms with E-state index in [1.165, 1.54) is 0 Å². The Labute approximate surface area is 110 Å². The van der Waals surface area contributed by atoms with Gasteiger partial charge in [-0.25, -0.2) is 0 Å². The predicted molar refractivity (Wildman–Crippen MR) is 67.9 cm³/mol. The molecule has 15 heavy (non-hydrogen) atoms. The molecule has 1 aromatic heterocycles. The molecule has 3 nitrogen and oxygen atoms in total. The van der Waals surface area contributed by atoms with Crippen LogP contribution in [0.1, 0.15) is 0 Å². The van der Waals surface area contributed by atoms with Crippen molar-refractivity contribution in [1.82, 2.24) is 0 Å². The second-order valence-corrected chi connectivity index (χ2v) is 6.39. The Morgan fingerprint density at radius 2 is 1.93 bits per heavy atom. The molecule has 0 amide bonds. The maximum atomic E-state index is 5.51. The first-order valence-corrected chi connectivity index (χ1v) is 6.78. The highest BCUT2D eigenvalue weighted by Crippen LogP contribution is 2.37. The van der Waals surface area contributed by atoms with Crippen LogP contribution in [0.5, 0.6) is 5.75 Å². The van der Waals surface area contributed by atoms with Gasteiger partial charge in [0, 0.05) is 13.2 Å². The first-order chi connectivity index (χ1) is 7.24. The summed E-state index contributed by atoms with van der Waals surface area (Å²) in [5, 5.41) is 0. The maximum Gasteiger partial charge on any atom is 0.145 e. The molecule has 0 unspecified atom stereocenters. The van der Waals surface area contributed by atoms with E-state index in [1.54, 1.807) is 18.4 Å². The number of methoxy groups -OCH3 is 1. The Morgan fingerprint density at radius 1 is 1.20 bits per heavy atom. The van der Waals surface area contributed by atoms with Crippen LogP contribution in [-0.2, 0) is 9.47 Å². The summed E-state index contributed by atoms with van der Waals surface area (Å²) in [4.78, 5) is 0. The molecule has 0 aromatic carbocycles. The van der Waals surface area contributed by atoms with Gasteiger partial charge in [-0.05, 0) is 31.9 Å². The molecule has 0 saturated heterocycles. The van der Waals surface area contributed by atoms with Crippen molar-refractivity contribution in [3.05, 3.63) is 13.6 Å². The molecule has 0 aliphatic heterocycles. The van der Waals surface area contributed by atoms with Crippen molar-refractivity contribution in [3.8, 4) is 5.75 Å². The van der Waals surface area contributed by atoms with Crippen LogP contribution >= 0.6 is 43.2 Å². The Morgan fingerprint density at radius 3 is 2.53 bits per heavy atom. The lowest BCUT2D eigenvalue weighted by Gasteiger charge is -2.05. The van der Waals surface area contributed by atoms with Crippen molar-refractivity contribution in [1.29, 1.82) is 0 Å². The van der Waals surface area contributed by atoms with E-state index in [0.29, 0.717) is 26.4 Å². The smallest absolute Gasteiger partial charge is 0.145 e. The van der Waals surface area contributed by atoms with Gasteiger partial charge in [-0.15, -0.1) is 11.3 Å². The van der Waals surface area contributed by atoms with Crippen LogP contribution < -0.4 is 4.74 Å². The molecular formula is C9H12Br2O3S. The van der Waals surface area contributed by atoms with Gasteiger partial charge in [-0.3, -0.25) is 0 Å². The lowest BCUT2D eigenvalue weighted by Crippen LogP contribution is -2.09. The third-order valence-corrected chi connectivity index (χ3v) is 3.83. The van der Waals surface area contributed by atoms with Crippen LogP contribution in [0.25, 0.3) is 0 Å². The third-order valence-electron chi connectivity index (χ3n) is 1.54. The van der Waals surface area contributed by atoms with E-state index in [-0.39, 0.29) is 0 Å². The first-order valence-electron chi connectivity index (χ1n) is 4.38. The summed E-state index contributed by atoms with van der Waals surface area (Å²) in [5.74, 6) is 0.849. The summed E-state index contributed by atoms with van der Waals surface area (Å²) in [7, 11) is 1.65. The molecule has 0 N–H and O–H groups in total. The van der Waals surface area contributed by atoms with E-state index >= 15 is 0 Å². The highest BCUT2D eigenvalue weighted by atomic mass is 79.9. The minimum Gasteiger partial charge on any atom is -0.489 e. The molecule has 0 bridgehead atoms. The minimum atomic E-state index is 0.547. The number of ether oxygens (including phenoxy) is 3. The molecule has 0 saturated carbocycles. The zero-order valence-corrected chi connectivity index (χ0v) is 12.3. The van der Waals surface area contributed by atoms with E-state index in [4.69, 9.17) is 14.2 Å². The molecule has 0 radical (unpaired) electrons. The Balaban J connectivity index is 2.12. The predicted octanol–water partition coefficient (Wildman–Crippen LogP) is 3.31. The SMILES string of the molecule is COCCOCCOc1cc(Br)sc1Br. The van der Waals surface area contributed by atoms with Crippen LogP contribution in [0.4, 0.5) is 0 Å². The largest absolute Gasteiger partial charge is 0.489 e. The minimum absolute atomic E-state index is 0.547. The second kappa shape index (κ2) is 7.62. The Hall–Kier alpha value is 0.380. The van der Waals surface area contributed by atoms with Crippen LogP contribution in [-0.4, -0.2) is 33.5 Å². The Kier molecular flexibility index (Phi) is 6.83. The fraction of sp³-hybridized carbons (Fsp3) is 0.556. The molecule has 86 valence electrons. The van der Waals surface area contributed by atoms with Crippen molar-refractivity contribution in [2.45, 2.75) is 0 Å². The van der Waals surface area contributed by atoms with Gasteiger partial charge in [0.05, 0.1) is 23.6 Å². The second-order valence-electron chi connectivity index (χ2n) is 2.64. The molecule has 0 atom stereocenters. The summed E-state index contributed by atoms with van der Waals surface area (Å²) < 4.78 is 17.7. The van der Waals surface area contributed by atoms with E-state index in [9.17, 15) is 0 Å². The molecule has 1 heterocycles. The van der Waals surface area contributed by atoms with Gasteiger partial charge >= 0.3 is 0 Å². The highest BCUT2D eigenvalue weighted by molar-refractivity contribution is 9.12. The monoisotopic (exact) mass is 358 g/mol. The highest BCUT2D eigenvalue weighted by Gasteiger charge is 2.05. The number of hydrogen-bond acceptors (Lipinski definition) is 4. The number of thiophene rings is 1. The lowest BCUT2D eigenvalue weighted by molar-refractivity contribution is 0.0544. The Bertz CT molecular complexity index is 291. The fourth-order valence-electron chi connectivity index (χ4n) is 0.878. The summed E-state index contributed by atoms with van der Waals surface area (Å²) in [6, 6.07) is 1.93. The molecular weight excluding hydrogens is 348 g/mol. The van der Waals surface area contributed by atoms with Crippen molar-refractivity contribution in [3.63, 3.8) is 0 Å². The summed E-state index contributed by atoms with van der Waals surface area (Å²) in [6.45, 7) is 2.34. The van der Waals surface area contributed by atoms with Crippen molar-refractivity contribution in [2.75, 3.05) is 33.5 Å². The molecule has 1 aromatic rings. The molecule has 0 fully saturated rings. The quantitative estimate of drug-likeness (QED) is 0.699. The van der Waals surface area contributed by atoms with Gasteiger partial charge in [-0.1, -0.05) is 0 Å². The van der Waals surface area contributed by atoms with Gasteiger partial charge in [-0.2, -0.15) is 0 Å². The van der Waals surface area contributed by atoms with Crippen LogP contribution in [0.2, 0.25) is 0 Å². The van der Waals surface area contributed by atoms with E-state index in [0.717, 1.165) is 13.3 Å². The zero-order valence-electron chi connectivity index (χ0n) is 8.29. The molecule has 6 heteroatoms. The van der Waals surface area contributed by atoms with Gasteiger partial charge in [0.25, 0.3) is 0 Å². The van der Waals surface area contributed by atoms with E-state index < -0.39 is 0 Å². The topological polar surface area (TPSA) is 27.7 Å². The van der Waals surface area contributed by atoms with Gasteiger partial charge in [0.15, 0.2) is 0 Å². The van der Waals surface area contributed by atoms with Crippen LogP contribution in [0, 0.1) is 0 Å². The van der Waals surface area contributed by atoms with Crippen molar-refractivity contribution >= 4 is 43.2 Å². The van der Waals surface area contributed by atoms with E-state index in [2.05, 4.69) is 31.9 Å². The summed E-state index contributed by atoms with van der Waals surface area (Å²) in [6.07, 6.45) is 0. The van der Waals surface area contributed by atoms with Crippen LogP contribution in [0.15, 0.2) is 13.6 Å². The van der Waals surface area contributed by atoms with Crippen molar-refractivity contribution < 1.29 is 14.2 Å². The number of hydrogen-bond donors (Lipinski definition) is 0. The van der Waals surface area contributed by atoms with Gasteiger partial charge < -0.3 is 14.2 Å². The number of halogens is 2. The van der Waals surface area contributed by atoms with Gasteiger partial charge in [0.2, 0.25) is 0 Å². The average molecular weight is 360 g/mol. The van der Waals surface area contributed by atoms with E-state index in [1.807, 2.05) is 6.07 Å². The molecule has 0 spiro atoms. The molecule has 0 aliphatic carbocycles. The fourth-order valence-corrected chi connectivity index (χ4v) is 3.53. The number of rotatable bonds is 7. The van der Waals surface area contributed by atoms with Gasteiger partial charge in [0.1, 0.15) is 16.1 Å². The lowest BCUT2D eigenvalue weighted by atomic mass is 10.6. The third kappa shape index (κ3) is 5.31. The maximum absolute atomic E-state index is 5.51. The van der Waals surface area contributed by atoms with Crippen LogP contribution in [0.3, 0.4) is 0 Å². The standard InChI is InChI=1S/C9H12Br2O3S/c1-12-2-3-13-4-5-14-7-6-8(10)15-9(7)11/h6H,2-5H2,1H3.